The Kier molecular flexibility index (Phi) is 27.1. The van der Waals surface area contributed by atoms with Crippen molar-refractivity contribution in [2.45, 2.75) is 111 Å². The Hall–Kier alpha value is -9.51. The summed E-state index contributed by atoms with van der Waals surface area (Å²) in [6.45, 7) is 14.5. The Morgan fingerprint density at radius 3 is 1.22 bits per heavy atom. The maximum atomic E-state index is 11.9. The van der Waals surface area contributed by atoms with Gasteiger partial charge in [-0.05, 0) is 177 Å². The average molecular weight is 1420 g/mol. The molecule has 516 valence electrons. The Bertz CT molecular complexity index is 4640. The third-order valence-electron chi connectivity index (χ3n) is 16.2. The number of esters is 2. The first-order chi connectivity index (χ1) is 47.3. The van der Waals surface area contributed by atoms with Crippen LogP contribution in [0.5, 0.6) is 17.2 Å². The molecule has 1 fully saturated rings. The Morgan fingerprint density at radius 1 is 0.480 bits per heavy atom. The molecular formula is C76H78BBrLiN3O18. The second-order valence-corrected chi connectivity index (χ2v) is 24.4. The zero-order valence-corrected chi connectivity index (χ0v) is 58.3. The number of rotatable bonds is 23. The number of benzene rings is 6. The van der Waals surface area contributed by atoms with E-state index in [4.69, 9.17) is 81.8 Å². The third kappa shape index (κ3) is 19.5. The van der Waals surface area contributed by atoms with Crippen molar-refractivity contribution in [3.05, 3.63) is 238 Å². The maximum Gasteiger partial charge on any atom is 1.00 e. The number of aliphatic carboxylic acids is 1. The van der Waals surface area contributed by atoms with Crippen LogP contribution in [0.3, 0.4) is 0 Å². The summed E-state index contributed by atoms with van der Waals surface area (Å²) in [5.74, 6) is 4.00. The Balaban J connectivity index is 0.000000179. The minimum Gasteiger partial charge on any atom is -0.870 e. The predicted molar refractivity (Wildman–Crippen MR) is 376 cm³/mol. The first kappa shape index (κ1) is 76.3. The quantitative estimate of drug-likeness (QED) is 0.0341. The number of hydrogen-bond acceptors (Lipinski definition) is 20. The molecule has 8 N–H and O–H groups in total. The van der Waals surface area contributed by atoms with Crippen molar-refractivity contribution >= 4 is 79.3 Å². The van der Waals surface area contributed by atoms with E-state index >= 15 is 0 Å². The van der Waals surface area contributed by atoms with E-state index in [0.717, 1.165) is 87.7 Å². The summed E-state index contributed by atoms with van der Waals surface area (Å²) in [4.78, 5) is 34.9. The van der Waals surface area contributed by atoms with Crippen LogP contribution in [0.4, 0.5) is 0 Å². The molecule has 1 aliphatic rings. The van der Waals surface area contributed by atoms with E-state index in [1.165, 1.54) is 0 Å². The fraction of sp³-hybridized carbons (Fsp3) is 0.250. The molecule has 0 atom stereocenters. The van der Waals surface area contributed by atoms with Gasteiger partial charge in [0, 0.05) is 38.3 Å². The van der Waals surface area contributed by atoms with E-state index in [-0.39, 0.29) is 62.1 Å². The molecule has 1 saturated heterocycles. The fourth-order valence-electron chi connectivity index (χ4n) is 10.7. The molecule has 1 aliphatic heterocycles. The summed E-state index contributed by atoms with van der Waals surface area (Å²) in [6, 6.07) is 50.9. The van der Waals surface area contributed by atoms with E-state index < -0.39 is 24.3 Å². The third-order valence-corrected chi connectivity index (χ3v) is 16.6. The maximum absolute atomic E-state index is 11.9. The normalized spacial score (nSPS) is 12.6. The molecule has 0 spiro atoms. The Labute approximate surface area is 598 Å². The number of carbonyl (C=O) groups is 3. The smallest absolute Gasteiger partial charge is 0.870 e. The van der Waals surface area contributed by atoms with Crippen LogP contribution in [0.2, 0.25) is 0 Å². The molecule has 0 amide bonds. The molecule has 0 unspecified atom stereocenters. The molecule has 6 aromatic carbocycles. The number of ether oxygens (including phenoxy) is 5. The van der Waals surface area contributed by atoms with Crippen molar-refractivity contribution in [3.8, 4) is 39.9 Å². The molecule has 24 heteroatoms. The molecule has 100 heavy (non-hydrogen) atoms. The Morgan fingerprint density at radius 2 is 0.850 bits per heavy atom. The van der Waals surface area contributed by atoms with Crippen molar-refractivity contribution < 1.29 is 103 Å². The van der Waals surface area contributed by atoms with E-state index in [1.807, 2.05) is 173 Å². The molecule has 0 bridgehead atoms. The van der Waals surface area contributed by atoms with Gasteiger partial charge in [-0.3, -0.25) is 14.4 Å². The van der Waals surface area contributed by atoms with Gasteiger partial charge in [-0.1, -0.05) is 60.7 Å². The summed E-state index contributed by atoms with van der Waals surface area (Å²) in [7, 11) is -0.537. The van der Waals surface area contributed by atoms with Gasteiger partial charge < -0.3 is 87.3 Å². The van der Waals surface area contributed by atoms with E-state index in [9.17, 15) is 14.4 Å². The van der Waals surface area contributed by atoms with Crippen LogP contribution in [0, 0.1) is 0 Å². The number of furan rings is 6. The van der Waals surface area contributed by atoms with Crippen LogP contribution in [0.15, 0.2) is 214 Å². The first-order valence-corrected chi connectivity index (χ1v) is 32.7. The van der Waals surface area contributed by atoms with Crippen LogP contribution >= 0.6 is 15.9 Å². The van der Waals surface area contributed by atoms with Gasteiger partial charge in [0.1, 0.15) is 82.6 Å². The zero-order valence-electron chi connectivity index (χ0n) is 56.7. The number of carbonyl (C=O) groups excluding carboxylic acids is 2. The van der Waals surface area contributed by atoms with E-state index in [2.05, 4.69) is 15.9 Å². The summed E-state index contributed by atoms with van der Waals surface area (Å²) >= 11 is 3.15. The molecule has 0 saturated carbocycles. The number of carboxylic acid groups (broad SMARTS) is 1. The SMILES string of the molecule is CCOC(=O)Cc1ccccc1OCc1cc(-c2ccc(CN)o2)c2occc2c1.CCOC(=O)Cc1ccccc1OCc1cc(B2OC(C)(C)C(C)(C)O2)c2occc2c1.NCc1ccc(-c2cc(COc3ccccc3CC(=O)O)cc3ccoc23)o1.NCc1ccc(Br)o1.[Li+].[OH-]. The van der Waals surface area contributed by atoms with Gasteiger partial charge in [-0.15, -0.1) is 0 Å². The van der Waals surface area contributed by atoms with Crippen molar-refractivity contribution in [3.63, 3.8) is 0 Å². The molecule has 21 nitrogen and oxygen atoms in total. The topological polar surface area (TPSA) is 323 Å². The molecule has 0 aliphatic carbocycles. The first-order valence-electron chi connectivity index (χ1n) is 31.9. The van der Waals surface area contributed by atoms with Crippen LogP contribution in [-0.4, -0.2) is 60.0 Å². The summed E-state index contributed by atoms with van der Waals surface area (Å²) in [5, 5.41) is 11.9. The summed E-state index contributed by atoms with van der Waals surface area (Å²) in [5.41, 5.74) is 25.4. The number of fused-ring (bicyclic) bond motifs is 3. The van der Waals surface area contributed by atoms with Crippen LogP contribution in [0.25, 0.3) is 55.6 Å². The monoisotopic (exact) mass is 1420 g/mol. The van der Waals surface area contributed by atoms with Crippen LogP contribution in [-0.2, 0) is 91.9 Å². The number of nitrogens with two attached hydrogens (primary N) is 3. The second-order valence-electron chi connectivity index (χ2n) is 23.7. The van der Waals surface area contributed by atoms with Crippen molar-refractivity contribution in [2.24, 2.45) is 17.2 Å². The van der Waals surface area contributed by atoms with E-state index in [1.54, 1.807) is 50.8 Å². The molecule has 7 heterocycles. The minimum atomic E-state index is -0.897. The van der Waals surface area contributed by atoms with Crippen LogP contribution in [0.1, 0.15) is 92.2 Å². The molecule has 12 aromatic rings. The van der Waals surface area contributed by atoms with Gasteiger partial charge in [0.05, 0.1) is 93.2 Å². The minimum absolute atomic E-state index is 0. The summed E-state index contributed by atoms with van der Waals surface area (Å²) < 4.78 is 75.1. The number of para-hydroxylation sites is 3. The molecule has 0 radical (unpaired) electrons. The van der Waals surface area contributed by atoms with E-state index in [0.29, 0.717) is 91.9 Å². The number of carboxylic acids is 1. The molecular weight excluding hydrogens is 1340 g/mol. The largest absolute Gasteiger partial charge is 1.00 e. The van der Waals surface area contributed by atoms with Gasteiger partial charge in [0.15, 0.2) is 4.67 Å². The summed E-state index contributed by atoms with van der Waals surface area (Å²) in [6.07, 6.45) is 5.21. The fourth-order valence-corrected chi connectivity index (χ4v) is 11.0. The standard InChI is InChI=1S/C25H29BO6.C24H23NO5.C22H19NO5.C5H6BrNO.Li.H2O/c1-6-28-22(27)15-18-9-7-8-10-21(18)30-16-17-13-19-11-12-29-23(19)20(14-17)26-31-24(2,3)25(4,5)32-26;1-2-27-23(26)13-17-5-3-4-6-21(17)29-15-16-11-18-9-10-28-24(18)20(12-16)22-8-7-19(14-25)30-22;23-12-17-5-6-20(28-17)18-10-14(9-16-7-8-26-22(16)18)13-27-19-4-2-1-3-15(19)11-21(24)25;6-5-2-1-4(3-7)8-5;;/h7-14H,6,15-16H2,1-5H3;3-12H,2,13-15,25H2,1H3;1-10H,11-13,23H2,(H,24,25);1-2H,3,7H2;;1H2/q;;;;+1;/p-1. The number of hydrogen-bond donors (Lipinski definition) is 4. The molecule has 6 aromatic heterocycles. The van der Waals surface area contributed by atoms with Gasteiger partial charge in [0.25, 0.3) is 0 Å². The predicted octanol–water partition coefficient (Wildman–Crippen LogP) is 11.9. The van der Waals surface area contributed by atoms with Crippen molar-refractivity contribution in [1.29, 1.82) is 0 Å². The molecule has 13 rings (SSSR count). The van der Waals surface area contributed by atoms with Crippen LogP contribution < -0.4 is 55.7 Å². The van der Waals surface area contributed by atoms with Gasteiger partial charge in [-0.25, -0.2) is 0 Å². The second kappa shape index (κ2) is 35.5. The van der Waals surface area contributed by atoms with Crippen molar-refractivity contribution in [1.82, 2.24) is 0 Å². The van der Waals surface area contributed by atoms with Crippen molar-refractivity contribution in [2.75, 3.05) is 13.2 Å². The van der Waals surface area contributed by atoms with Gasteiger partial charge >= 0.3 is 43.9 Å². The number of halogens is 1. The average Bonchev–Trinajstić information content (AvgIpc) is 1.61. The zero-order chi connectivity index (χ0) is 69.3. The van der Waals surface area contributed by atoms with Gasteiger partial charge in [-0.2, -0.15) is 0 Å². The van der Waals surface area contributed by atoms with Gasteiger partial charge in [0.2, 0.25) is 0 Å².